The van der Waals surface area contributed by atoms with Gasteiger partial charge >= 0.3 is 5.97 Å². The molecule has 2 aliphatic rings. The number of hydrogen-bond acceptors (Lipinski definition) is 5. The fourth-order valence-electron chi connectivity index (χ4n) is 2.78. The van der Waals surface area contributed by atoms with E-state index in [4.69, 9.17) is 0 Å². The molecule has 17 heavy (non-hydrogen) atoms. The van der Waals surface area contributed by atoms with Gasteiger partial charge in [0.25, 0.3) is 0 Å². The standard InChI is InChI=1S/C11H12N2O4/c14-9(15)7-5-12-10-11(7,17-16)6-3-1-2-4-8(6)13-10/h1-4,7,10,12-13,16H,5H2,(H,14,15)/t7-,10?,11+/m1/s1. The molecule has 0 bridgehead atoms. The molecule has 90 valence electrons. The Kier molecular flexibility index (Phi) is 2.12. The van der Waals surface area contributed by atoms with Crippen LogP contribution in [-0.4, -0.2) is 29.0 Å². The van der Waals surface area contributed by atoms with Crippen molar-refractivity contribution in [1.29, 1.82) is 0 Å². The molecule has 0 amide bonds. The van der Waals surface area contributed by atoms with Crippen molar-refractivity contribution in [2.75, 3.05) is 11.9 Å². The Morgan fingerprint density at radius 2 is 2.24 bits per heavy atom. The van der Waals surface area contributed by atoms with Crippen molar-refractivity contribution in [2.24, 2.45) is 5.92 Å². The van der Waals surface area contributed by atoms with E-state index in [1.165, 1.54) is 0 Å². The van der Waals surface area contributed by atoms with E-state index in [1.54, 1.807) is 12.1 Å². The first-order valence-corrected chi connectivity index (χ1v) is 5.35. The Bertz CT molecular complexity index is 478. The maximum absolute atomic E-state index is 11.3. The quantitative estimate of drug-likeness (QED) is 0.439. The summed E-state index contributed by atoms with van der Waals surface area (Å²) in [6.45, 7) is 0.252. The lowest BCUT2D eigenvalue weighted by molar-refractivity contribution is -0.337. The van der Waals surface area contributed by atoms with E-state index in [2.05, 4.69) is 15.5 Å². The summed E-state index contributed by atoms with van der Waals surface area (Å²) in [6.07, 6.45) is -0.425. The number of para-hydroxylation sites is 1. The number of benzene rings is 1. The summed E-state index contributed by atoms with van der Waals surface area (Å²) in [5.41, 5.74) is 0.206. The van der Waals surface area contributed by atoms with Crippen LogP contribution in [0.5, 0.6) is 0 Å². The molecule has 6 heteroatoms. The lowest BCUT2D eigenvalue weighted by Gasteiger charge is -2.28. The summed E-state index contributed by atoms with van der Waals surface area (Å²) >= 11 is 0. The van der Waals surface area contributed by atoms with Crippen molar-refractivity contribution in [1.82, 2.24) is 5.32 Å². The fraction of sp³-hybridized carbons (Fsp3) is 0.364. The molecule has 6 nitrogen and oxygen atoms in total. The lowest BCUT2D eigenvalue weighted by Crippen LogP contribution is -2.46. The molecule has 3 rings (SSSR count). The zero-order valence-corrected chi connectivity index (χ0v) is 8.88. The normalized spacial score (nSPS) is 33.9. The summed E-state index contributed by atoms with van der Waals surface area (Å²) in [4.78, 5) is 15.9. The van der Waals surface area contributed by atoms with Crippen LogP contribution in [0.2, 0.25) is 0 Å². The van der Waals surface area contributed by atoms with Gasteiger partial charge < -0.3 is 10.4 Å². The first kappa shape index (κ1) is 10.5. The number of fused-ring (bicyclic) bond motifs is 3. The number of nitrogens with one attached hydrogen (secondary N) is 2. The molecule has 1 unspecified atom stereocenters. The number of aliphatic carboxylic acids is 1. The van der Waals surface area contributed by atoms with Crippen LogP contribution in [0.3, 0.4) is 0 Å². The highest BCUT2D eigenvalue weighted by molar-refractivity contribution is 5.76. The number of anilines is 1. The second kappa shape index (κ2) is 3.43. The zero-order chi connectivity index (χ0) is 12.0. The van der Waals surface area contributed by atoms with Crippen LogP contribution in [0, 0.1) is 5.92 Å². The molecule has 0 saturated carbocycles. The second-order valence-electron chi connectivity index (χ2n) is 4.31. The van der Waals surface area contributed by atoms with Gasteiger partial charge in [-0.3, -0.25) is 15.4 Å². The minimum absolute atomic E-state index is 0.252. The van der Waals surface area contributed by atoms with Gasteiger partial charge in [-0.15, -0.1) is 0 Å². The van der Waals surface area contributed by atoms with Gasteiger partial charge in [-0.05, 0) is 6.07 Å². The maximum atomic E-state index is 11.3. The highest BCUT2D eigenvalue weighted by Crippen LogP contribution is 2.48. The van der Waals surface area contributed by atoms with Gasteiger partial charge in [0, 0.05) is 17.8 Å². The third kappa shape index (κ3) is 1.17. The van der Waals surface area contributed by atoms with E-state index < -0.39 is 23.7 Å². The molecule has 2 heterocycles. The third-order valence-electron chi connectivity index (χ3n) is 3.57. The van der Waals surface area contributed by atoms with Crippen LogP contribution >= 0.6 is 0 Å². The van der Waals surface area contributed by atoms with Crippen molar-refractivity contribution in [3.8, 4) is 0 Å². The maximum Gasteiger partial charge on any atom is 0.311 e. The van der Waals surface area contributed by atoms with Crippen LogP contribution in [-0.2, 0) is 15.3 Å². The summed E-state index contributed by atoms with van der Waals surface area (Å²) in [6, 6.07) is 7.23. The van der Waals surface area contributed by atoms with Crippen molar-refractivity contribution in [2.45, 2.75) is 11.8 Å². The highest BCUT2D eigenvalue weighted by Gasteiger charge is 2.61. The molecule has 1 aromatic rings. The van der Waals surface area contributed by atoms with Gasteiger partial charge in [0.1, 0.15) is 12.1 Å². The van der Waals surface area contributed by atoms with Crippen molar-refractivity contribution in [3.05, 3.63) is 29.8 Å². The smallest absolute Gasteiger partial charge is 0.311 e. The molecule has 0 spiro atoms. The Balaban J connectivity index is 2.17. The first-order chi connectivity index (χ1) is 8.20. The average molecular weight is 236 g/mol. The zero-order valence-electron chi connectivity index (χ0n) is 8.88. The number of carboxylic acids is 1. The van der Waals surface area contributed by atoms with E-state index in [9.17, 15) is 15.2 Å². The van der Waals surface area contributed by atoms with Crippen molar-refractivity contribution >= 4 is 11.7 Å². The van der Waals surface area contributed by atoms with Gasteiger partial charge in [-0.25, -0.2) is 4.89 Å². The molecular formula is C11H12N2O4. The van der Waals surface area contributed by atoms with Crippen LogP contribution in [0.1, 0.15) is 5.56 Å². The van der Waals surface area contributed by atoms with Crippen LogP contribution in [0.15, 0.2) is 24.3 Å². The molecule has 0 aromatic heterocycles. The third-order valence-corrected chi connectivity index (χ3v) is 3.57. The molecule has 1 fully saturated rings. The number of hydrogen-bond donors (Lipinski definition) is 4. The van der Waals surface area contributed by atoms with Crippen LogP contribution < -0.4 is 10.6 Å². The Hall–Kier alpha value is -1.63. The first-order valence-electron chi connectivity index (χ1n) is 5.35. The molecule has 0 radical (unpaired) electrons. The average Bonchev–Trinajstić information content (AvgIpc) is 2.82. The van der Waals surface area contributed by atoms with Gasteiger partial charge in [-0.1, -0.05) is 18.2 Å². The summed E-state index contributed by atoms with van der Waals surface area (Å²) in [7, 11) is 0. The van der Waals surface area contributed by atoms with Gasteiger partial charge in [0.2, 0.25) is 0 Å². The minimum Gasteiger partial charge on any atom is -0.481 e. The predicted octanol–water partition coefficient (Wildman–Crippen LogP) is 0.427. The largest absolute Gasteiger partial charge is 0.481 e. The molecular weight excluding hydrogens is 224 g/mol. The molecule has 1 saturated heterocycles. The number of carbonyl (C=O) groups is 1. The Morgan fingerprint density at radius 3 is 2.94 bits per heavy atom. The fourth-order valence-corrected chi connectivity index (χ4v) is 2.78. The van der Waals surface area contributed by atoms with Gasteiger partial charge in [0.15, 0.2) is 5.60 Å². The predicted molar refractivity (Wildman–Crippen MR) is 58.4 cm³/mol. The molecule has 4 N–H and O–H groups in total. The van der Waals surface area contributed by atoms with E-state index in [0.717, 1.165) is 5.69 Å². The molecule has 1 aromatic carbocycles. The topological polar surface area (TPSA) is 90.8 Å². The monoisotopic (exact) mass is 236 g/mol. The second-order valence-corrected chi connectivity index (χ2v) is 4.31. The van der Waals surface area contributed by atoms with Gasteiger partial charge in [-0.2, -0.15) is 0 Å². The van der Waals surface area contributed by atoms with Gasteiger partial charge in [0.05, 0.1) is 0 Å². The highest BCUT2D eigenvalue weighted by atomic mass is 17.1. The van der Waals surface area contributed by atoms with Crippen molar-refractivity contribution < 1.29 is 20.0 Å². The van der Waals surface area contributed by atoms with Crippen LogP contribution in [0.4, 0.5) is 5.69 Å². The number of rotatable bonds is 2. The summed E-state index contributed by atoms with van der Waals surface area (Å²) in [5.74, 6) is -1.82. The van der Waals surface area contributed by atoms with Crippen LogP contribution in [0.25, 0.3) is 0 Å². The summed E-state index contributed by atoms with van der Waals surface area (Å²) < 4.78 is 0. The molecule has 0 aliphatic carbocycles. The SMILES string of the molecule is O=C(O)[C@H]1CNC2Nc3ccccc3[C@@]21OO. The van der Waals surface area contributed by atoms with E-state index in [0.29, 0.717) is 5.56 Å². The lowest BCUT2D eigenvalue weighted by atomic mass is 9.84. The molecule has 3 atom stereocenters. The van der Waals surface area contributed by atoms with E-state index >= 15 is 0 Å². The Labute approximate surface area is 97.1 Å². The Morgan fingerprint density at radius 1 is 1.47 bits per heavy atom. The number of carboxylic acid groups (broad SMARTS) is 1. The molecule has 2 aliphatic heterocycles. The van der Waals surface area contributed by atoms with E-state index in [1.807, 2.05) is 12.1 Å². The minimum atomic E-state index is -1.25. The summed E-state index contributed by atoms with van der Waals surface area (Å²) in [5, 5.41) is 24.6. The van der Waals surface area contributed by atoms with E-state index in [-0.39, 0.29) is 6.54 Å². The van der Waals surface area contributed by atoms with Crippen molar-refractivity contribution in [3.63, 3.8) is 0 Å².